The van der Waals surface area contributed by atoms with E-state index in [1.165, 1.54) is 12.8 Å². The number of carboxylic acid groups (broad SMARTS) is 1. The van der Waals surface area contributed by atoms with Crippen molar-refractivity contribution in [1.29, 1.82) is 0 Å². The smallest absolute Gasteiger partial charge is 0.307 e. The van der Waals surface area contributed by atoms with Crippen molar-refractivity contribution in [3.05, 3.63) is 17.5 Å². The first-order valence-electron chi connectivity index (χ1n) is 4.96. The first-order chi connectivity index (χ1) is 7.15. The minimum atomic E-state index is -0.857. The van der Waals surface area contributed by atoms with Gasteiger partial charge in [-0.3, -0.25) is 4.79 Å². The lowest BCUT2D eigenvalue weighted by Crippen LogP contribution is -2.09. The van der Waals surface area contributed by atoms with Crippen LogP contribution >= 0.6 is 0 Å². The van der Waals surface area contributed by atoms with E-state index in [4.69, 9.17) is 5.11 Å². The summed E-state index contributed by atoms with van der Waals surface area (Å²) in [6.07, 6.45) is 3.90. The summed E-state index contributed by atoms with van der Waals surface area (Å²) in [5.74, 6) is -0.256. The molecule has 1 aromatic heterocycles. The second kappa shape index (κ2) is 3.84. The Morgan fingerprint density at radius 1 is 1.67 bits per heavy atom. The summed E-state index contributed by atoms with van der Waals surface area (Å²) in [5, 5.41) is 11.8. The van der Waals surface area contributed by atoms with Gasteiger partial charge in [-0.15, -0.1) is 0 Å². The molecule has 0 saturated heterocycles. The monoisotopic (exact) mass is 207 g/mol. The molecule has 0 bridgehead atoms. The predicted octanol–water partition coefficient (Wildman–Crippen LogP) is 0.986. The second-order valence-corrected chi connectivity index (χ2v) is 3.79. The molecular formula is C10H13N3O2. The van der Waals surface area contributed by atoms with Crippen LogP contribution in [-0.4, -0.2) is 27.1 Å². The highest BCUT2D eigenvalue weighted by molar-refractivity contribution is 5.70. The Hall–Kier alpha value is -1.65. The highest BCUT2D eigenvalue weighted by atomic mass is 16.4. The molecule has 0 unspecified atom stereocenters. The fraction of sp³-hybridized carbons (Fsp3) is 0.500. The minimum Gasteiger partial charge on any atom is -0.481 e. The molecule has 0 aliphatic heterocycles. The summed E-state index contributed by atoms with van der Waals surface area (Å²) in [7, 11) is 0. The SMILES string of the molecule is Cc1nc(NC2CC2)ncc1CC(=O)O. The van der Waals surface area contributed by atoms with Gasteiger partial charge in [-0.1, -0.05) is 0 Å². The van der Waals surface area contributed by atoms with Crippen LogP contribution in [0.5, 0.6) is 0 Å². The standard InChI is InChI=1S/C10H13N3O2/c1-6-7(4-9(14)15)5-11-10(12-6)13-8-2-3-8/h5,8H,2-4H2,1H3,(H,14,15)(H,11,12,13). The Morgan fingerprint density at radius 3 is 2.93 bits per heavy atom. The molecular weight excluding hydrogens is 194 g/mol. The number of aromatic nitrogens is 2. The van der Waals surface area contributed by atoms with Gasteiger partial charge >= 0.3 is 5.97 Å². The average molecular weight is 207 g/mol. The molecule has 5 heteroatoms. The van der Waals surface area contributed by atoms with Crippen molar-refractivity contribution in [2.45, 2.75) is 32.2 Å². The van der Waals surface area contributed by atoms with Crippen molar-refractivity contribution in [2.24, 2.45) is 0 Å². The molecule has 1 aliphatic carbocycles. The van der Waals surface area contributed by atoms with Gasteiger partial charge < -0.3 is 10.4 Å². The number of rotatable bonds is 4. The van der Waals surface area contributed by atoms with Gasteiger partial charge in [0, 0.05) is 23.5 Å². The molecule has 1 saturated carbocycles. The molecule has 2 rings (SSSR count). The number of hydrogen-bond acceptors (Lipinski definition) is 4. The van der Waals surface area contributed by atoms with Crippen molar-refractivity contribution >= 4 is 11.9 Å². The lowest BCUT2D eigenvalue weighted by Gasteiger charge is -2.06. The van der Waals surface area contributed by atoms with Crippen LogP contribution in [0, 0.1) is 6.92 Å². The van der Waals surface area contributed by atoms with Crippen LogP contribution in [0.2, 0.25) is 0 Å². The average Bonchev–Trinajstić information content (AvgIpc) is 2.93. The van der Waals surface area contributed by atoms with Crippen molar-refractivity contribution in [2.75, 3.05) is 5.32 Å². The summed E-state index contributed by atoms with van der Waals surface area (Å²) >= 11 is 0. The van der Waals surface area contributed by atoms with Crippen molar-refractivity contribution in [3.8, 4) is 0 Å². The Labute approximate surface area is 87.6 Å². The van der Waals surface area contributed by atoms with Gasteiger partial charge in [0.25, 0.3) is 0 Å². The van der Waals surface area contributed by atoms with Crippen LogP contribution in [0.3, 0.4) is 0 Å². The number of aryl methyl sites for hydroxylation is 1. The van der Waals surface area contributed by atoms with Gasteiger partial charge in [-0.2, -0.15) is 0 Å². The Bertz CT molecular complexity index is 388. The Kier molecular flexibility index (Phi) is 2.53. The molecule has 1 fully saturated rings. The topological polar surface area (TPSA) is 75.1 Å². The highest BCUT2D eigenvalue weighted by Crippen LogP contribution is 2.23. The zero-order valence-corrected chi connectivity index (χ0v) is 8.53. The number of nitrogens with one attached hydrogen (secondary N) is 1. The third-order valence-corrected chi connectivity index (χ3v) is 2.33. The van der Waals surface area contributed by atoms with Crippen LogP contribution in [0.1, 0.15) is 24.1 Å². The lowest BCUT2D eigenvalue weighted by atomic mass is 10.2. The summed E-state index contributed by atoms with van der Waals surface area (Å²) in [4.78, 5) is 18.8. The fourth-order valence-corrected chi connectivity index (χ4v) is 1.31. The van der Waals surface area contributed by atoms with E-state index in [0.29, 0.717) is 17.6 Å². The van der Waals surface area contributed by atoms with Crippen molar-refractivity contribution < 1.29 is 9.90 Å². The molecule has 0 spiro atoms. The molecule has 1 aromatic rings. The van der Waals surface area contributed by atoms with Crippen molar-refractivity contribution in [1.82, 2.24) is 9.97 Å². The third kappa shape index (κ3) is 2.65. The van der Waals surface area contributed by atoms with E-state index in [1.54, 1.807) is 13.1 Å². The second-order valence-electron chi connectivity index (χ2n) is 3.79. The molecule has 0 amide bonds. The summed E-state index contributed by atoms with van der Waals surface area (Å²) in [5.41, 5.74) is 1.40. The number of carbonyl (C=O) groups is 1. The van der Waals surface area contributed by atoms with Crippen molar-refractivity contribution in [3.63, 3.8) is 0 Å². The summed E-state index contributed by atoms with van der Waals surface area (Å²) < 4.78 is 0. The first-order valence-corrected chi connectivity index (χ1v) is 4.96. The minimum absolute atomic E-state index is 0.0183. The number of hydrogen-bond donors (Lipinski definition) is 2. The van der Waals surface area contributed by atoms with E-state index in [9.17, 15) is 4.79 Å². The molecule has 2 N–H and O–H groups in total. The van der Waals surface area contributed by atoms with Crippen LogP contribution in [-0.2, 0) is 11.2 Å². The van der Waals surface area contributed by atoms with Crippen LogP contribution in [0.4, 0.5) is 5.95 Å². The zero-order valence-electron chi connectivity index (χ0n) is 8.53. The fourth-order valence-electron chi connectivity index (χ4n) is 1.31. The number of aliphatic carboxylic acids is 1. The third-order valence-electron chi connectivity index (χ3n) is 2.33. The molecule has 0 aromatic carbocycles. The lowest BCUT2D eigenvalue weighted by molar-refractivity contribution is -0.136. The van der Waals surface area contributed by atoms with E-state index in [-0.39, 0.29) is 6.42 Å². The van der Waals surface area contributed by atoms with E-state index < -0.39 is 5.97 Å². The molecule has 15 heavy (non-hydrogen) atoms. The molecule has 0 atom stereocenters. The van der Waals surface area contributed by atoms with E-state index in [1.807, 2.05) is 0 Å². The normalized spacial score (nSPS) is 15.0. The molecule has 80 valence electrons. The largest absolute Gasteiger partial charge is 0.481 e. The van der Waals surface area contributed by atoms with E-state index >= 15 is 0 Å². The molecule has 1 aliphatic rings. The maximum atomic E-state index is 10.5. The molecule has 0 radical (unpaired) electrons. The van der Waals surface area contributed by atoms with Gasteiger partial charge in [0.15, 0.2) is 0 Å². The van der Waals surface area contributed by atoms with Gasteiger partial charge in [0.2, 0.25) is 5.95 Å². The maximum Gasteiger partial charge on any atom is 0.307 e. The summed E-state index contributed by atoms with van der Waals surface area (Å²) in [6.45, 7) is 1.80. The van der Waals surface area contributed by atoms with Gasteiger partial charge in [0.1, 0.15) is 0 Å². The Morgan fingerprint density at radius 2 is 2.40 bits per heavy atom. The van der Waals surface area contributed by atoms with Gasteiger partial charge in [-0.25, -0.2) is 9.97 Å². The Balaban J connectivity index is 2.10. The van der Waals surface area contributed by atoms with Gasteiger partial charge in [-0.05, 0) is 19.8 Å². The van der Waals surface area contributed by atoms with Gasteiger partial charge in [0.05, 0.1) is 6.42 Å². The maximum absolute atomic E-state index is 10.5. The van der Waals surface area contributed by atoms with E-state index in [0.717, 1.165) is 5.69 Å². The first kappa shape index (κ1) is 9.89. The predicted molar refractivity (Wildman–Crippen MR) is 54.8 cm³/mol. The van der Waals surface area contributed by atoms with Crippen LogP contribution < -0.4 is 5.32 Å². The summed E-state index contributed by atoms with van der Waals surface area (Å²) in [6, 6.07) is 0.509. The quantitative estimate of drug-likeness (QED) is 0.770. The van der Waals surface area contributed by atoms with Crippen LogP contribution in [0.25, 0.3) is 0 Å². The molecule has 1 heterocycles. The molecule has 5 nitrogen and oxygen atoms in total. The number of anilines is 1. The zero-order chi connectivity index (χ0) is 10.8. The number of carboxylic acids is 1. The van der Waals surface area contributed by atoms with Crippen LogP contribution in [0.15, 0.2) is 6.20 Å². The number of nitrogens with zero attached hydrogens (tertiary/aromatic N) is 2. The highest BCUT2D eigenvalue weighted by Gasteiger charge is 2.22. The van der Waals surface area contributed by atoms with E-state index in [2.05, 4.69) is 15.3 Å².